The third-order valence-corrected chi connectivity index (χ3v) is 7.13. The van der Waals surface area contributed by atoms with E-state index in [0.717, 1.165) is 23.7 Å². The Hall–Kier alpha value is -0.260. The van der Waals surface area contributed by atoms with Crippen molar-refractivity contribution >= 4 is 0 Å². The molecule has 0 aromatic rings. The normalized spacial score (nSPS) is 18.5. The number of unbranched alkanes of at least 4 members (excludes halogenated alkanes) is 2. The zero-order valence-electron chi connectivity index (χ0n) is 19.7. The van der Waals surface area contributed by atoms with Crippen molar-refractivity contribution in [2.45, 2.75) is 137 Å². The summed E-state index contributed by atoms with van der Waals surface area (Å²) >= 11 is 0. The summed E-state index contributed by atoms with van der Waals surface area (Å²) in [5.41, 5.74) is 1.69. The zero-order chi connectivity index (χ0) is 19.9. The van der Waals surface area contributed by atoms with Crippen molar-refractivity contribution in [2.75, 3.05) is 0 Å². The zero-order valence-corrected chi connectivity index (χ0v) is 19.7. The minimum Gasteiger partial charge on any atom is -0.0885 e. The summed E-state index contributed by atoms with van der Waals surface area (Å²) in [6, 6.07) is 0. The van der Waals surface area contributed by atoms with E-state index in [-0.39, 0.29) is 0 Å². The molecule has 3 unspecified atom stereocenters. The van der Waals surface area contributed by atoms with Gasteiger partial charge < -0.3 is 0 Å². The van der Waals surface area contributed by atoms with Crippen LogP contribution in [-0.2, 0) is 0 Å². The summed E-state index contributed by atoms with van der Waals surface area (Å²) in [6.07, 6.45) is 25.4. The second-order valence-corrected chi connectivity index (χ2v) is 9.73. The van der Waals surface area contributed by atoms with E-state index in [2.05, 4.69) is 40.7 Å². The fraction of sp³-hybridized carbons (Fsp3) is 0.926. The van der Waals surface area contributed by atoms with Gasteiger partial charge in [0.1, 0.15) is 0 Å². The highest BCUT2D eigenvalue weighted by Gasteiger charge is 2.31. The molecule has 27 heavy (non-hydrogen) atoms. The molecule has 3 atom stereocenters. The van der Waals surface area contributed by atoms with Crippen LogP contribution in [0.1, 0.15) is 137 Å². The van der Waals surface area contributed by atoms with Crippen molar-refractivity contribution in [1.29, 1.82) is 0 Å². The van der Waals surface area contributed by atoms with Crippen LogP contribution >= 0.6 is 0 Å². The molecule has 0 amide bonds. The topological polar surface area (TPSA) is 0 Å². The van der Waals surface area contributed by atoms with E-state index in [1.807, 2.05) is 0 Å². The van der Waals surface area contributed by atoms with Gasteiger partial charge in [-0.3, -0.25) is 0 Å². The van der Waals surface area contributed by atoms with E-state index >= 15 is 0 Å². The summed E-state index contributed by atoms with van der Waals surface area (Å²) in [5.74, 6) is 4.11. The number of rotatable bonds is 18. The molecular formula is C27H52. The van der Waals surface area contributed by atoms with Crippen molar-refractivity contribution in [1.82, 2.24) is 0 Å². The first-order chi connectivity index (χ1) is 13.1. The van der Waals surface area contributed by atoms with E-state index in [9.17, 15) is 0 Å². The summed E-state index contributed by atoms with van der Waals surface area (Å²) in [6.45, 7) is 11.8. The minimum atomic E-state index is 0.956. The van der Waals surface area contributed by atoms with Crippen molar-refractivity contribution in [2.24, 2.45) is 23.7 Å². The molecular weight excluding hydrogens is 324 g/mol. The molecule has 0 saturated heterocycles. The fourth-order valence-corrected chi connectivity index (χ4v) is 5.12. The summed E-state index contributed by atoms with van der Waals surface area (Å²) in [7, 11) is 0. The Bertz CT molecular complexity index is 362. The Morgan fingerprint density at radius 2 is 1.59 bits per heavy atom. The van der Waals surface area contributed by atoms with Gasteiger partial charge in [-0.05, 0) is 69.1 Å². The molecule has 160 valence electrons. The molecule has 0 bridgehead atoms. The standard InChI is InChI=1S/C27H52/c1-6-14-24(8-3)17-11-10-12-18-25(9-4)19-13-16-23(5)22-27(15-7-2)26-20-21-26/h8,23,25-27H,6-7,9-22H2,1-5H3. The van der Waals surface area contributed by atoms with E-state index < -0.39 is 0 Å². The van der Waals surface area contributed by atoms with Gasteiger partial charge in [0.25, 0.3) is 0 Å². The van der Waals surface area contributed by atoms with E-state index in [4.69, 9.17) is 0 Å². The lowest BCUT2D eigenvalue weighted by Crippen LogP contribution is -2.09. The average Bonchev–Trinajstić information content (AvgIpc) is 3.50. The van der Waals surface area contributed by atoms with Gasteiger partial charge >= 0.3 is 0 Å². The summed E-state index contributed by atoms with van der Waals surface area (Å²) < 4.78 is 0. The summed E-state index contributed by atoms with van der Waals surface area (Å²) in [4.78, 5) is 0. The Morgan fingerprint density at radius 1 is 0.852 bits per heavy atom. The highest BCUT2D eigenvalue weighted by atomic mass is 14.4. The van der Waals surface area contributed by atoms with Crippen LogP contribution < -0.4 is 0 Å². The van der Waals surface area contributed by atoms with Crippen LogP contribution in [0.5, 0.6) is 0 Å². The smallest absolute Gasteiger partial charge is 0.0320 e. The maximum Gasteiger partial charge on any atom is -0.0320 e. The second kappa shape index (κ2) is 15.6. The molecule has 0 nitrogen and oxygen atoms in total. The van der Waals surface area contributed by atoms with Gasteiger partial charge in [-0.25, -0.2) is 0 Å². The molecule has 1 aliphatic carbocycles. The van der Waals surface area contributed by atoms with Crippen molar-refractivity contribution in [3.63, 3.8) is 0 Å². The SMILES string of the molecule is CC=C(CCC)CCCCCC(CC)CCCC(C)CC(CCC)C1CC1. The molecule has 0 radical (unpaired) electrons. The molecule has 0 aromatic carbocycles. The van der Waals surface area contributed by atoms with Crippen LogP contribution in [0.4, 0.5) is 0 Å². The van der Waals surface area contributed by atoms with Crippen LogP contribution in [0.2, 0.25) is 0 Å². The first-order valence-electron chi connectivity index (χ1n) is 12.8. The lowest BCUT2D eigenvalue weighted by Gasteiger charge is -2.21. The van der Waals surface area contributed by atoms with Gasteiger partial charge in [0.15, 0.2) is 0 Å². The fourth-order valence-electron chi connectivity index (χ4n) is 5.12. The van der Waals surface area contributed by atoms with Crippen molar-refractivity contribution < 1.29 is 0 Å². The Labute approximate surface area is 173 Å². The van der Waals surface area contributed by atoms with Gasteiger partial charge in [0.2, 0.25) is 0 Å². The highest BCUT2D eigenvalue weighted by Crippen LogP contribution is 2.42. The molecule has 1 saturated carbocycles. The maximum atomic E-state index is 2.53. The third-order valence-electron chi connectivity index (χ3n) is 7.13. The minimum absolute atomic E-state index is 0.956. The molecule has 1 rings (SSSR count). The first-order valence-corrected chi connectivity index (χ1v) is 12.8. The van der Waals surface area contributed by atoms with Crippen molar-refractivity contribution in [3.8, 4) is 0 Å². The molecule has 0 aliphatic heterocycles. The number of allylic oxidation sites excluding steroid dienone is 2. The Morgan fingerprint density at radius 3 is 2.19 bits per heavy atom. The van der Waals surface area contributed by atoms with E-state index in [0.29, 0.717) is 0 Å². The van der Waals surface area contributed by atoms with Crippen LogP contribution in [0.25, 0.3) is 0 Å². The molecule has 0 N–H and O–H groups in total. The quantitative estimate of drug-likeness (QED) is 0.165. The van der Waals surface area contributed by atoms with Crippen LogP contribution in [0.15, 0.2) is 11.6 Å². The van der Waals surface area contributed by atoms with Crippen molar-refractivity contribution in [3.05, 3.63) is 11.6 Å². The van der Waals surface area contributed by atoms with Gasteiger partial charge in [-0.2, -0.15) is 0 Å². The number of hydrogen-bond donors (Lipinski definition) is 0. The van der Waals surface area contributed by atoms with Crippen LogP contribution in [0, 0.1) is 23.7 Å². The van der Waals surface area contributed by atoms with Gasteiger partial charge in [0.05, 0.1) is 0 Å². The van der Waals surface area contributed by atoms with E-state index in [1.165, 1.54) is 103 Å². The maximum absolute atomic E-state index is 2.53. The molecule has 0 heterocycles. The molecule has 1 aliphatic rings. The second-order valence-electron chi connectivity index (χ2n) is 9.73. The predicted octanol–water partition coefficient (Wildman–Crippen LogP) is 9.73. The van der Waals surface area contributed by atoms with E-state index in [1.54, 1.807) is 5.57 Å². The highest BCUT2D eigenvalue weighted by molar-refractivity contribution is 4.99. The lowest BCUT2D eigenvalue weighted by molar-refractivity contribution is 0.304. The molecule has 0 heteroatoms. The predicted molar refractivity (Wildman–Crippen MR) is 124 cm³/mol. The molecule has 1 fully saturated rings. The monoisotopic (exact) mass is 376 g/mol. The van der Waals surface area contributed by atoms with Gasteiger partial charge in [-0.15, -0.1) is 0 Å². The van der Waals surface area contributed by atoms with Gasteiger partial charge in [0, 0.05) is 0 Å². The van der Waals surface area contributed by atoms with Crippen LogP contribution in [-0.4, -0.2) is 0 Å². The molecule has 0 aromatic heterocycles. The lowest BCUT2D eigenvalue weighted by atomic mass is 9.85. The molecule has 0 spiro atoms. The van der Waals surface area contributed by atoms with Crippen LogP contribution in [0.3, 0.4) is 0 Å². The summed E-state index contributed by atoms with van der Waals surface area (Å²) in [5, 5.41) is 0. The largest absolute Gasteiger partial charge is 0.0885 e. The Balaban J connectivity index is 2.09. The van der Waals surface area contributed by atoms with Gasteiger partial charge in [-0.1, -0.05) is 104 Å². The first kappa shape index (κ1) is 24.8. The Kier molecular flexibility index (Phi) is 14.4. The average molecular weight is 377 g/mol. The third kappa shape index (κ3) is 12.0. The number of hydrogen-bond acceptors (Lipinski definition) is 0.